The number of nitrogens with one attached hydrogen (secondary N) is 1. The molecule has 2 aromatic rings. The van der Waals surface area contributed by atoms with Gasteiger partial charge in [0.15, 0.2) is 0 Å². The highest BCUT2D eigenvalue weighted by atomic mass is 35.5. The zero-order chi connectivity index (χ0) is 19.9. The van der Waals surface area contributed by atoms with Crippen LogP contribution in [0.1, 0.15) is 36.0 Å². The third-order valence-corrected chi connectivity index (χ3v) is 5.02. The molecule has 0 aromatic heterocycles. The molecule has 2 aromatic carbocycles. The van der Waals surface area contributed by atoms with Gasteiger partial charge in [-0.1, -0.05) is 29.3 Å². The van der Waals surface area contributed by atoms with E-state index in [0.29, 0.717) is 46.5 Å². The lowest BCUT2D eigenvalue weighted by Gasteiger charge is -2.15. The molecule has 0 radical (unpaired) electrons. The summed E-state index contributed by atoms with van der Waals surface area (Å²) in [7, 11) is 0. The molecule has 1 fully saturated rings. The highest BCUT2D eigenvalue weighted by Gasteiger charge is 2.19. The van der Waals surface area contributed by atoms with E-state index in [9.17, 15) is 9.59 Å². The Kier molecular flexibility index (Phi) is 7.18. The first kappa shape index (κ1) is 20.5. The van der Waals surface area contributed by atoms with Crippen LogP contribution in [0.2, 0.25) is 10.0 Å². The fraction of sp³-hybridized carbons (Fsp3) is 0.333. The summed E-state index contributed by atoms with van der Waals surface area (Å²) in [6, 6.07) is 12.1. The summed E-state index contributed by atoms with van der Waals surface area (Å²) in [6.07, 6.45) is 2.93. The molecular weight excluding hydrogens is 399 g/mol. The van der Waals surface area contributed by atoms with Crippen LogP contribution in [0, 0.1) is 0 Å². The summed E-state index contributed by atoms with van der Waals surface area (Å²) in [5.74, 6) is 0.429. The van der Waals surface area contributed by atoms with Crippen molar-refractivity contribution >= 4 is 40.7 Å². The van der Waals surface area contributed by atoms with Crippen molar-refractivity contribution in [1.82, 2.24) is 4.90 Å². The minimum Gasteiger partial charge on any atom is -0.492 e. The predicted octanol–water partition coefficient (Wildman–Crippen LogP) is 5.03. The second-order valence-electron chi connectivity index (χ2n) is 6.66. The number of halogens is 2. The van der Waals surface area contributed by atoms with Crippen molar-refractivity contribution in [2.75, 3.05) is 25.0 Å². The number of ether oxygens (including phenoxy) is 1. The second kappa shape index (κ2) is 9.80. The number of rotatable bonds is 7. The molecule has 5 nitrogen and oxygen atoms in total. The minimum atomic E-state index is -0.128. The first-order valence-electron chi connectivity index (χ1n) is 9.30. The molecule has 0 saturated carbocycles. The van der Waals surface area contributed by atoms with Crippen molar-refractivity contribution < 1.29 is 14.3 Å². The van der Waals surface area contributed by atoms with Gasteiger partial charge in [-0.15, -0.1) is 0 Å². The Labute approximate surface area is 174 Å². The topological polar surface area (TPSA) is 58.6 Å². The summed E-state index contributed by atoms with van der Waals surface area (Å²) in [4.78, 5) is 26.5. The number of likely N-dealkylation sites (tertiary alicyclic amines) is 1. The van der Waals surface area contributed by atoms with Crippen molar-refractivity contribution in [3.63, 3.8) is 0 Å². The average Bonchev–Trinajstić information content (AvgIpc) is 3.21. The van der Waals surface area contributed by atoms with E-state index in [1.165, 1.54) is 0 Å². The number of hydrogen-bond donors (Lipinski definition) is 1. The smallest absolute Gasteiger partial charge is 0.253 e. The quantitative estimate of drug-likeness (QED) is 0.639. The maximum atomic E-state index is 12.5. The van der Waals surface area contributed by atoms with Crippen molar-refractivity contribution in [3.05, 3.63) is 58.1 Å². The van der Waals surface area contributed by atoms with Crippen LogP contribution < -0.4 is 10.1 Å². The van der Waals surface area contributed by atoms with Gasteiger partial charge in [0.1, 0.15) is 5.75 Å². The van der Waals surface area contributed by atoms with Crippen LogP contribution >= 0.6 is 23.2 Å². The lowest BCUT2D eigenvalue weighted by molar-refractivity contribution is -0.116. The predicted molar refractivity (Wildman–Crippen MR) is 111 cm³/mol. The van der Waals surface area contributed by atoms with Crippen molar-refractivity contribution in [1.29, 1.82) is 0 Å². The van der Waals surface area contributed by atoms with Gasteiger partial charge in [-0.2, -0.15) is 0 Å². The minimum absolute atomic E-state index is 0.0156. The monoisotopic (exact) mass is 420 g/mol. The molecule has 3 rings (SSSR count). The molecule has 0 spiro atoms. The molecule has 7 heteroatoms. The molecule has 0 bridgehead atoms. The van der Waals surface area contributed by atoms with Crippen molar-refractivity contribution in [3.8, 4) is 5.75 Å². The van der Waals surface area contributed by atoms with E-state index in [4.69, 9.17) is 27.9 Å². The van der Waals surface area contributed by atoms with E-state index >= 15 is 0 Å². The Balaban J connectivity index is 1.45. The van der Waals surface area contributed by atoms with Crippen LogP contribution in [0.5, 0.6) is 5.75 Å². The van der Waals surface area contributed by atoms with Gasteiger partial charge in [0.25, 0.3) is 5.91 Å². The highest BCUT2D eigenvalue weighted by Crippen LogP contribution is 2.27. The summed E-state index contributed by atoms with van der Waals surface area (Å²) < 4.78 is 5.58. The maximum absolute atomic E-state index is 12.5. The molecule has 28 heavy (non-hydrogen) atoms. The van der Waals surface area contributed by atoms with Gasteiger partial charge >= 0.3 is 0 Å². The van der Waals surface area contributed by atoms with Gasteiger partial charge in [0.05, 0.1) is 11.6 Å². The van der Waals surface area contributed by atoms with Gasteiger partial charge in [0.2, 0.25) is 5.91 Å². The first-order valence-corrected chi connectivity index (χ1v) is 10.1. The SMILES string of the molecule is O=C(CCCOc1ccc(Cl)cc1Cl)Nc1cccc(C(=O)N2CCCC2)c1. The number of amides is 2. The van der Waals surface area contributed by atoms with E-state index < -0.39 is 0 Å². The number of benzene rings is 2. The standard InChI is InChI=1S/C21H22Cl2N2O3/c22-16-8-9-19(18(23)14-16)28-12-4-7-20(26)24-17-6-3-5-15(13-17)21(27)25-10-1-2-11-25/h3,5-6,8-9,13-14H,1-2,4,7,10-12H2,(H,24,26). The zero-order valence-corrected chi connectivity index (χ0v) is 16.9. The third kappa shape index (κ3) is 5.63. The molecule has 1 aliphatic rings. The van der Waals surface area contributed by atoms with Crippen LogP contribution in [-0.2, 0) is 4.79 Å². The highest BCUT2D eigenvalue weighted by molar-refractivity contribution is 6.35. The van der Waals surface area contributed by atoms with Gasteiger partial charge in [-0.25, -0.2) is 0 Å². The summed E-state index contributed by atoms with van der Waals surface area (Å²) in [6.45, 7) is 1.96. The molecule has 1 heterocycles. The Morgan fingerprint density at radius 1 is 1.07 bits per heavy atom. The molecule has 0 unspecified atom stereocenters. The molecule has 1 aliphatic heterocycles. The Bertz CT molecular complexity index is 851. The Hall–Kier alpha value is -2.24. The van der Waals surface area contributed by atoms with Crippen LogP contribution in [0.4, 0.5) is 5.69 Å². The van der Waals surface area contributed by atoms with Crippen LogP contribution in [0.3, 0.4) is 0 Å². The van der Waals surface area contributed by atoms with Crippen molar-refractivity contribution in [2.24, 2.45) is 0 Å². The van der Waals surface area contributed by atoms with Gasteiger partial charge in [-0.3, -0.25) is 9.59 Å². The number of carbonyl (C=O) groups excluding carboxylic acids is 2. The molecule has 0 atom stereocenters. The second-order valence-corrected chi connectivity index (χ2v) is 7.50. The normalized spacial score (nSPS) is 13.4. The average molecular weight is 421 g/mol. The first-order chi connectivity index (χ1) is 13.5. The molecule has 1 saturated heterocycles. The number of nitrogens with zero attached hydrogens (tertiary/aromatic N) is 1. The van der Waals surface area contributed by atoms with Crippen LogP contribution in [0.15, 0.2) is 42.5 Å². The third-order valence-electron chi connectivity index (χ3n) is 4.49. The molecule has 0 aliphatic carbocycles. The van der Waals surface area contributed by atoms with E-state index in [2.05, 4.69) is 5.32 Å². The molecular formula is C21H22Cl2N2O3. The Morgan fingerprint density at radius 3 is 2.61 bits per heavy atom. The van der Waals surface area contributed by atoms with E-state index in [1.807, 2.05) is 4.90 Å². The van der Waals surface area contributed by atoms with E-state index in [-0.39, 0.29) is 11.8 Å². The van der Waals surface area contributed by atoms with E-state index in [0.717, 1.165) is 25.9 Å². The lowest BCUT2D eigenvalue weighted by Crippen LogP contribution is -2.27. The molecule has 148 valence electrons. The van der Waals surface area contributed by atoms with Gasteiger partial charge < -0.3 is 15.0 Å². The lowest BCUT2D eigenvalue weighted by atomic mass is 10.1. The number of hydrogen-bond acceptors (Lipinski definition) is 3. The summed E-state index contributed by atoms with van der Waals surface area (Å²) in [5, 5.41) is 3.82. The number of anilines is 1. The fourth-order valence-corrected chi connectivity index (χ4v) is 3.53. The van der Waals surface area contributed by atoms with Crippen molar-refractivity contribution in [2.45, 2.75) is 25.7 Å². The number of carbonyl (C=O) groups is 2. The van der Waals surface area contributed by atoms with E-state index in [1.54, 1.807) is 42.5 Å². The maximum Gasteiger partial charge on any atom is 0.253 e. The van der Waals surface area contributed by atoms with Gasteiger partial charge in [-0.05, 0) is 55.7 Å². The molecule has 2 amide bonds. The fourth-order valence-electron chi connectivity index (χ4n) is 3.06. The Morgan fingerprint density at radius 2 is 1.86 bits per heavy atom. The van der Waals surface area contributed by atoms with Gasteiger partial charge in [0, 0.05) is 35.8 Å². The summed E-state index contributed by atoms with van der Waals surface area (Å²) >= 11 is 11.9. The van der Waals surface area contributed by atoms with Crippen LogP contribution in [-0.4, -0.2) is 36.4 Å². The largest absolute Gasteiger partial charge is 0.492 e. The van der Waals surface area contributed by atoms with Crippen LogP contribution in [0.25, 0.3) is 0 Å². The summed E-state index contributed by atoms with van der Waals surface area (Å²) in [5.41, 5.74) is 1.22. The molecule has 1 N–H and O–H groups in total. The zero-order valence-electron chi connectivity index (χ0n) is 15.4.